The standard InChI is InChI=1S/C26H25FN8O2/c1-15-4-6-20(11-22(15)35-14-19-13-30-25(28)32-23(19)33(3)26(35)37)31-24(36)17-5-7-21(18(10-17)12-27)34-9-8-29-16(34)2/h4-11,13H,12,14H2,1-3H3,(H,31,36)(H2,28,30,32). The Morgan fingerprint density at radius 2 is 1.95 bits per heavy atom. The summed E-state index contributed by atoms with van der Waals surface area (Å²) in [5.41, 5.74) is 9.74. The first kappa shape index (κ1) is 23.9. The van der Waals surface area contributed by atoms with Crippen LogP contribution in [-0.2, 0) is 13.2 Å². The van der Waals surface area contributed by atoms with Gasteiger partial charge in [-0.3, -0.25) is 14.6 Å². The van der Waals surface area contributed by atoms with E-state index in [-0.39, 0.29) is 18.5 Å². The van der Waals surface area contributed by atoms with Crippen LogP contribution in [0.15, 0.2) is 55.0 Å². The normalized spacial score (nSPS) is 13.0. The van der Waals surface area contributed by atoms with Crippen LogP contribution in [-0.4, -0.2) is 38.5 Å². The van der Waals surface area contributed by atoms with Crippen LogP contribution in [0, 0.1) is 13.8 Å². The first-order chi connectivity index (χ1) is 17.8. The van der Waals surface area contributed by atoms with Gasteiger partial charge >= 0.3 is 6.03 Å². The number of nitrogen functional groups attached to an aromatic ring is 1. The maximum Gasteiger partial charge on any atom is 0.330 e. The molecule has 0 saturated heterocycles. The molecule has 3 heterocycles. The molecule has 11 heteroatoms. The molecule has 188 valence electrons. The number of amides is 3. The van der Waals surface area contributed by atoms with Gasteiger partial charge in [-0.2, -0.15) is 4.98 Å². The number of aromatic nitrogens is 4. The van der Waals surface area contributed by atoms with Crippen molar-refractivity contribution in [2.45, 2.75) is 27.1 Å². The Balaban J connectivity index is 1.41. The Kier molecular flexibility index (Phi) is 6.04. The van der Waals surface area contributed by atoms with Crippen molar-refractivity contribution in [2.75, 3.05) is 27.9 Å². The van der Waals surface area contributed by atoms with Crippen molar-refractivity contribution in [3.8, 4) is 5.69 Å². The topological polar surface area (TPSA) is 122 Å². The van der Waals surface area contributed by atoms with E-state index in [4.69, 9.17) is 5.73 Å². The molecule has 5 rings (SSSR count). The number of imidazole rings is 1. The Bertz CT molecular complexity index is 1530. The van der Waals surface area contributed by atoms with Crippen LogP contribution in [0.5, 0.6) is 0 Å². The van der Waals surface area contributed by atoms with E-state index >= 15 is 0 Å². The lowest BCUT2D eigenvalue weighted by molar-refractivity contribution is 0.102. The van der Waals surface area contributed by atoms with E-state index in [0.29, 0.717) is 34.0 Å². The van der Waals surface area contributed by atoms with Gasteiger partial charge in [0.15, 0.2) is 0 Å². The number of urea groups is 1. The van der Waals surface area contributed by atoms with Crippen molar-refractivity contribution < 1.29 is 14.0 Å². The molecule has 0 spiro atoms. The van der Waals surface area contributed by atoms with Crippen LogP contribution in [0.1, 0.15) is 32.9 Å². The summed E-state index contributed by atoms with van der Waals surface area (Å²) in [7, 11) is 1.62. The van der Waals surface area contributed by atoms with Gasteiger partial charge < -0.3 is 15.6 Å². The van der Waals surface area contributed by atoms with Gasteiger partial charge in [0.25, 0.3) is 5.91 Å². The predicted molar refractivity (Wildman–Crippen MR) is 139 cm³/mol. The Hall–Kier alpha value is -4.80. The van der Waals surface area contributed by atoms with E-state index in [1.807, 2.05) is 19.9 Å². The number of halogens is 1. The van der Waals surface area contributed by atoms with Gasteiger partial charge in [-0.05, 0) is 49.7 Å². The smallest absolute Gasteiger partial charge is 0.330 e. The van der Waals surface area contributed by atoms with Crippen LogP contribution in [0.2, 0.25) is 0 Å². The summed E-state index contributed by atoms with van der Waals surface area (Å²) in [5, 5.41) is 2.86. The summed E-state index contributed by atoms with van der Waals surface area (Å²) in [4.78, 5) is 41.6. The fraction of sp³-hybridized carbons (Fsp3) is 0.192. The lowest BCUT2D eigenvalue weighted by Gasteiger charge is -2.34. The molecule has 0 bridgehead atoms. The Morgan fingerprint density at radius 3 is 2.68 bits per heavy atom. The molecular weight excluding hydrogens is 475 g/mol. The van der Waals surface area contributed by atoms with Crippen LogP contribution < -0.4 is 20.9 Å². The lowest BCUT2D eigenvalue weighted by atomic mass is 10.1. The average molecular weight is 501 g/mol. The number of anilines is 4. The summed E-state index contributed by atoms with van der Waals surface area (Å²) in [6, 6.07) is 9.91. The third-order valence-corrected chi connectivity index (χ3v) is 6.35. The number of aryl methyl sites for hydroxylation is 2. The summed E-state index contributed by atoms with van der Waals surface area (Å²) in [5.74, 6) is 0.884. The molecule has 1 aliphatic heterocycles. The minimum Gasteiger partial charge on any atom is -0.368 e. The zero-order valence-corrected chi connectivity index (χ0v) is 20.6. The summed E-state index contributed by atoms with van der Waals surface area (Å²) in [6.07, 6.45) is 4.99. The third kappa shape index (κ3) is 4.35. The van der Waals surface area contributed by atoms with Crippen LogP contribution in [0.25, 0.3) is 5.69 Å². The molecule has 1 aliphatic rings. The quantitative estimate of drug-likeness (QED) is 0.424. The van der Waals surface area contributed by atoms with E-state index in [9.17, 15) is 14.0 Å². The molecule has 0 radical (unpaired) electrons. The van der Waals surface area contributed by atoms with E-state index in [0.717, 1.165) is 17.0 Å². The van der Waals surface area contributed by atoms with Crippen molar-refractivity contribution in [3.05, 3.63) is 83.1 Å². The van der Waals surface area contributed by atoms with E-state index in [1.165, 1.54) is 11.0 Å². The second-order valence-electron chi connectivity index (χ2n) is 8.78. The van der Waals surface area contributed by atoms with Crippen LogP contribution in [0.3, 0.4) is 0 Å². The van der Waals surface area contributed by atoms with Gasteiger partial charge in [0.2, 0.25) is 5.95 Å². The molecule has 0 aliphatic carbocycles. The SMILES string of the molecule is Cc1ccc(NC(=O)c2ccc(-n3ccnc3C)c(CF)c2)cc1N1Cc2cnc(N)nc2N(C)C1=O. The monoisotopic (exact) mass is 500 g/mol. The Labute approximate surface area is 212 Å². The first-order valence-corrected chi connectivity index (χ1v) is 11.5. The molecule has 37 heavy (non-hydrogen) atoms. The van der Waals surface area contributed by atoms with E-state index in [1.54, 1.807) is 59.4 Å². The van der Waals surface area contributed by atoms with Gasteiger partial charge in [-0.1, -0.05) is 6.07 Å². The highest BCUT2D eigenvalue weighted by atomic mass is 19.1. The van der Waals surface area contributed by atoms with Gasteiger partial charge in [-0.15, -0.1) is 0 Å². The number of alkyl halides is 1. The number of nitrogens with zero attached hydrogens (tertiary/aromatic N) is 6. The molecule has 2 aromatic heterocycles. The van der Waals surface area contributed by atoms with Gasteiger partial charge in [0.1, 0.15) is 18.3 Å². The first-order valence-electron chi connectivity index (χ1n) is 11.5. The minimum absolute atomic E-state index is 0.0943. The number of benzene rings is 2. The van der Waals surface area contributed by atoms with Crippen molar-refractivity contribution in [3.63, 3.8) is 0 Å². The minimum atomic E-state index is -0.732. The molecule has 0 saturated carbocycles. The number of carbonyl (C=O) groups excluding carboxylic acids is 2. The van der Waals surface area contributed by atoms with Crippen molar-refractivity contribution in [2.24, 2.45) is 0 Å². The highest BCUT2D eigenvalue weighted by molar-refractivity contribution is 6.07. The van der Waals surface area contributed by atoms with Crippen molar-refractivity contribution in [1.29, 1.82) is 0 Å². The number of hydrogen-bond donors (Lipinski definition) is 2. The van der Waals surface area contributed by atoms with E-state index < -0.39 is 12.6 Å². The summed E-state index contributed by atoms with van der Waals surface area (Å²) >= 11 is 0. The molecule has 2 aromatic carbocycles. The third-order valence-electron chi connectivity index (χ3n) is 6.35. The zero-order valence-electron chi connectivity index (χ0n) is 20.6. The molecule has 3 amide bonds. The highest BCUT2D eigenvalue weighted by Gasteiger charge is 2.31. The summed E-state index contributed by atoms with van der Waals surface area (Å²) < 4.78 is 15.6. The number of carbonyl (C=O) groups is 2. The maximum atomic E-state index is 13.9. The average Bonchev–Trinajstić information content (AvgIpc) is 3.32. The van der Waals surface area contributed by atoms with Crippen molar-refractivity contribution >= 4 is 35.1 Å². The molecule has 10 nitrogen and oxygen atoms in total. The number of rotatable bonds is 5. The van der Waals surface area contributed by atoms with Crippen LogP contribution in [0.4, 0.5) is 32.3 Å². The zero-order chi connectivity index (χ0) is 26.3. The number of nitrogens with two attached hydrogens (primary N) is 1. The second-order valence-corrected chi connectivity index (χ2v) is 8.78. The molecule has 0 atom stereocenters. The molecule has 4 aromatic rings. The molecule has 0 fully saturated rings. The van der Waals surface area contributed by atoms with Crippen LogP contribution >= 0.6 is 0 Å². The number of hydrogen-bond acceptors (Lipinski definition) is 6. The number of fused-ring (bicyclic) bond motifs is 1. The second kappa shape index (κ2) is 9.34. The lowest BCUT2D eigenvalue weighted by Crippen LogP contribution is -2.46. The maximum absolute atomic E-state index is 13.9. The number of nitrogens with one attached hydrogen (secondary N) is 1. The van der Waals surface area contributed by atoms with E-state index in [2.05, 4.69) is 20.3 Å². The molecular formula is C26H25FN8O2. The largest absolute Gasteiger partial charge is 0.368 e. The molecule has 3 N–H and O–H groups in total. The van der Waals surface area contributed by atoms with Gasteiger partial charge in [0.05, 0.1) is 17.9 Å². The predicted octanol–water partition coefficient (Wildman–Crippen LogP) is 4.16. The van der Waals surface area contributed by atoms with Gasteiger partial charge in [-0.25, -0.2) is 19.2 Å². The van der Waals surface area contributed by atoms with Gasteiger partial charge in [0, 0.05) is 48.0 Å². The van der Waals surface area contributed by atoms with Crippen molar-refractivity contribution in [1.82, 2.24) is 19.5 Å². The highest BCUT2D eigenvalue weighted by Crippen LogP contribution is 2.33. The fourth-order valence-corrected chi connectivity index (χ4v) is 4.39. The molecule has 0 unspecified atom stereocenters. The fourth-order valence-electron chi connectivity index (χ4n) is 4.39. The Morgan fingerprint density at radius 1 is 1.14 bits per heavy atom. The summed E-state index contributed by atoms with van der Waals surface area (Å²) in [6.45, 7) is 3.23.